The van der Waals surface area contributed by atoms with E-state index in [4.69, 9.17) is 23.2 Å². The third-order valence-corrected chi connectivity index (χ3v) is 8.94. The highest BCUT2D eigenvalue weighted by atomic mass is 35.5. The van der Waals surface area contributed by atoms with Crippen LogP contribution in [-0.4, -0.2) is 43.6 Å². The smallest absolute Gasteiger partial charge is 0.273 e. The molecule has 5 rings (SSSR count). The SMILES string of the molecule is CC1CCN(C(=O)c2csc(CSc3nnc(Cc4ccccc4)n3-c3ccc(Cl)c(Cl)c3)n2)CC1. The molecule has 0 spiro atoms. The third-order valence-electron chi connectivity index (χ3n) is 6.23. The molecule has 1 aliphatic rings. The Hall–Kier alpha value is -2.39. The quantitative estimate of drug-likeness (QED) is 0.234. The molecule has 3 heterocycles. The fourth-order valence-electron chi connectivity index (χ4n) is 4.15. The van der Waals surface area contributed by atoms with E-state index in [1.165, 1.54) is 23.1 Å². The van der Waals surface area contributed by atoms with Crippen molar-refractivity contribution in [3.63, 3.8) is 0 Å². The normalized spacial score (nSPS) is 14.4. The summed E-state index contributed by atoms with van der Waals surface area (Å²) in [5.41, 5.74) is 2.51. The van der Waals surface area contributed by atoms with Crippen LogP contribution >= 0.6 is 46.3 Å². The van der Waals surface area contributed by atoms with Crippen LogP contribution in [0, 0.1) is 5.92 Å². The number of amides is 1. The number of carbonyl (C=O) groups excluding carboxylic acids is 1. The Morgan fingerprint density at radius 3 is 2.61 bits per heavy atom. The summed E-state index contributed by atoms with van der Waals surface area (Å²) in [4.78, 5) is 19.4. The lowest BCUT2D eigenvalue weighted by Crippen LogP contribution is -2.38. The molecule has 0 bridgehead atoms. The zero-order valence-electron chi connectivity index (χ0n) is 19.7. The summed E-state index contributed by atoms with van der Waals surface area (Å²) in [6.07, 6.45) is 2.72. The Balaban J connectivity index is 1.35. The van der Waals surface area contributed by atoms with Crippen LogP contribution in [-0.2, 0) is 12.2 Å². The zero-order valence-corrected chi connectivity index (χ0v) is 22.9. The minimum atomic E-state index is 0.0264. The summed E-state index contributed by atoms with van der Waals surface area (Å²) in [5.74, 6) is 2.09. The minimum absolute atomic E-state index is 0.0264. The number of thioether (sulfide) groups is 1. The van der Waals surface area contributed by atoms with E-state index in [2.05, 4.69) is 34.2 Å². The van der Waals surface area contributed by atoms with E-state index in [1.807, 2.05) is 45.2 Å². The van der Waals surface area contributed by atoms with Crippen LogP contribution in [0.1, 0.15) is 46.6 Å². The zero-order chi connectivity index (χ0) is 25.1. The van der Waals surface area contributed by atoms with Crippen molar-refractivity contribution in [2.24, 2.45) is 5.92 Å². The van der Waals surface area contributed by atoms with Crippen LogP contribution in [0.5, 0.6) is 0 Å². The molecule has 4 aromatic rings. The standard InChI is InChI=1S/C26H25Cl2N5OS2/c1-17-9-11-32(12-10-17)25(34)22-15-35-24(29-22)16-36-26-31-30-23(13-18-5-3-2-4-6-18)33(26)19-7-8-20(27)21(28)14-19/h2-8,14-15,17H,9-13,16H2,1H3. The van der Waals surface area contributed by atoms with Gasteiger partial charge in [-0.25, -0.2) is 4.98 Å². The Morgan fingerprint density at radius 1 is 1.08 bits per heavy atom. The molecule has 1 saturated heterocycles. The van der Waals surface area contributed by atoms with Gasteiger partial charge in [-0.15, -0.1) is 21.5 Å². The van der Waals surface area contributed by atoms with Crippen molar-refractivity contribution >= 4 is 52.2 Å². The van der Waals surface area contributed by atoms with Gasteiger partial charge < -0.3 is 4.90 Å². The summed E-state index contributed by atoms with van der Waals surface area (Å²) in [6.45, 7) is 3.85. The molecule has 186 valence electrons. The number of likely N-dealkylation sites (tertiary alicyclic amines) is 1. The van der Waals surface area contributed by atoms with Gasteiger partial charge in [0.25, 0.3) is 5.91 Å². The predicted octanol–water partition coefficient (Wildman–Crippen LogP) is 6.79. The van der Waals surface area contributed by atoms with Crippen molar-refractivity contribution in [3.05, 3.63) is 86.0 Å². The molecule has 1 fully saturated rings. The first-order valence-corrected chi connectivity index (χ1v) is 14.4. The number of aromatic nitrogens is 4. The number of rotatable bonds is 7. The Bertz CT molecular complexity index is 1350. The van der Waals surface area contributed by atoms with Gasteiger partial charge in [-0.3, -0.25) is 9.36 Å². The highest BCUT2D eigenvalue weighted by molar-refractivity contribution is 7.98. The van der Waals surface area contributed by atoms with Gasteiger partial charge in [0.05, 0.1) is 21.5 Å². The number of benzene rings is 2. The van der Waals surface area contributed by atoms with Gasteiger partial charge in [-0.05, 0) is 42.5 Å². The molecular formula is C26H25Cl2N5OS2. The number of hydrogen-bond donors (Lipinski definition) is 0. The Morgan fingerprint density at radius 2 is 1.86 bits per heavy atom. The number of halogens is 2. The molecule has 0 saturated carbocycles. The van der Waals surface area contributed by atoms with Crippen LogP contribution in [0.4, 0.5) is 0 Å². The van der Waals surface area contributed by atoms with E-state index in [0.717, 1.165) is 53.2 Å². The summed E-state index contributed by atoms with van der Waals surface area (Å²) < 4.78 is 2.01. The molecule has 6 nitrogen and oxygen atoms in total. The summed E-state index contributed by atoms with van der Waals surface area (Å²) in [6, 6.07) is 15.7. The molecule has 0 radical (unpaired) electrons. The molecule has 1 amide bonds. The number of hydrogen-bond acceptors (Lipinski definition) is 6. The molecule has 0 aliphatic carbocycles. The van der Waals surface area contributed by atoms with Crippen LogP contribution in [0.2, 0.25) is 10.0 Å². The number of carbonyl (C=O) groups is 1. The molecule has 10 heteroatoms. The molecule has 1 aliphatic heterocycles. The lowest BCUT2D eigenvalue weighted by molar-refractivity contribution is 0.0692. The van der Waals surface area contributed by atoms with Gasteiger partial charge in [0, 0.05) is 24.9 Å². The number of thiazole rings is 1. The van der Waals surface area contributed by atoms with Crippen molar-refractivity contribution in [2.75, 3.05) is 13.1 Å². The maximum Gasteiger partial charge on any atom is 0.273 e. The van der Waals surface area contributed by atoms with Gasteiger partial charge in [-0.1, -0.05) is 72.2 Å². The van der Waals surface area contributed by atoms with E-state index in [0.29, 0.717) is 33.8 Å². The predicted molar refractivity (Wildman–Crippen MR) is 147 cm³/mol. The highest BCUT2D eigenvalue weighted by Gasteiger charge is 2.23. The molecule has 0 N–H and O–H groups in total. The van der Waals surface area contributed by atoms with Crippen LogP contribution in [0.25, 0.3) is 5.69 Å². The number of nitrogens with zero attached hydrogens (tertiary/aromatic N) is 5. The first-order valence-electron chi connectivity index (χ1n) is 11.8. The van der Waals surface area contributed by atoms with Crippen molar-refractivity contribution in [2.45, 2.75) is 37.1 Å². The van der Waals surface area contributed by atoms with E-state index < -0.39 is 0 Å². The fraction of sp³-hybridized carbons (Fsp3) is 0.308. The largest absolute Gasteiger partial charge is 0.337 e. The topological polar surface area (TPSA) is 63.9 Å². The van der Waals surface area contributed by atoms with Crippen molar-refractivity contribution in [1.82, 2.24) is 24.6 Å². The summed E-state index contributed by atoms with van der Waals surface area (Å²) in [7, 11) is 0. The van der Waals surface area contributed by atoms with Crippen molar-refractivity contribution < 1.29 is 4.79 Å². The van der Waals surface area contributed by atoms with E-state index in [1.54, 1.807) is 6.07 Å². The second kappa shape index (κ2) is 11.3. The minimum Gasteiger partial charge on any atom is -0.337 e. The summed E-state index contributed by atoms with van der Waals surface area (Å²) >= 11 is 15.5. The highest BCUT2D eigenvalue weighted by Crippen LogP contribution is 2.31. The van der Waals surface area contributed by atoms with Gasteiger partial charge in [0.2, 0.25) is 0 Å². The van der Waals surface area contributed by atoms with Crippen molar-refractivity contribution in [3.8, 4) is 5.69 Å². The molecule has 36 heavy (non-hydrogen) atoms. The molecule has 0 atom stereocenters. The second-order valence-electron chi connectivity index (χ2n) is 8.88. The van der Waals surface area contributed by atoms with E-state index in [-0.39, 0.29) is 5.91 Å². The molecule has 0 unspecified atom stereocenters. The maximum absolute atomic E-state index is 12.9. The van der Waals surface area contributed by atoms with Gasteiger partial charge in [0.15, 0.2) is 5.16 Å². The average Bonchev–Trinajstić information content (AvgIpc) is 3.52. The molecule has 2 aromatic heterocycles. The van der Waals surface area contributed by atoms with Gasteiger partial charge in [-0.2, -0.15) is 0 Å². The van der Waals surface area contributed by atoms with Gasteiger partial charge >= 0.3 is 0 Å². The van der Waals surface area contributed by atoms with Crippen LogP contribution in [0.15, 0.2) is 59.1 Å². The van der Waals surface area contributed by atoms with E-state index in [9.17, 15) is 4.79 Å². The summed E-state index contributed by atoms with van der Waals surface area (Å²) in [5, 5.41) is 13.4. The first-order chi connectivity index (χ1) is 17.5. The van der Waals surface area contributed by atoms with Gasteiger partial charge in [0.1, 0.15) is 16.5 Å². The van der Waals surface area contributed by atoms with E-state index >= 15 is 0 Å². The fourth-order valence-corrected chi connectivity index (χ4v) is 6.19. The monoisotopic (exact) mass is 557 g/mol. The lowest BCUT2D eigenvalue weighted by atomic mass is 9.99. The maximum atomic E-state index is 12.9. The van der Waals surface area contributed by atoms with Crippen molar-refractivity contribution in [1.29, 1.82) is 0 Å². The average molecular weight is 559 g/mol. The Labute approximate surface area is 228 Å². The number of piperidine rings is 1. The third kappa shape index (κ3) is 5.78. The van der Waals surface area contributed by atoms with Crippen LogP contribution in [0.3, 0.4) is 0 Å². The molecule has 2 aromatic carbocycles. The molecular weight excluding hydrogens is 533 g/mol. The lowest BCUT2D eigenvalue weighted by Gasteiger charge is -2.29. The first kappa shape index (κ1) is 25.3. The second-order valence-corrected chi connectivity index (χ2v) is 11.6. The van der Waals surface area contributed by atoms with Crippen LogP contribution < -0.4 is 0 Å². The Kier molecular flexibility index (Phi) is 7.96.